The minimum absolute atomic E-state index is 0.0152. The molecule has 0 radical (unpaired) electrons. The van der Waals surface area contributed by atoms with Crippen molar-refractivity contribution in [1.82, 2.24) is 14.8 Å². The van der Waals surface area contributed by atoms with E-state index in [4.69, 9.17) is 0 Å². The maximum atomic E-state index is 13.5. The van der Waals surface area contributed by atoms with Gasteiger partial charge in [-0.05, 0) is 104 Å². The van der Waals surface area contributed by atoms with E-state index in [-0.39, 0.29) is 28.8 Å². The first kappa shape index (κ1) is 23.1. The molecule has 0 amide bonds. The second-order valence-corrected chi connectivity index (χ2v) is 12.4. The van der Waals surface area contributed by atoms with Crippen molar-refractivity contribution < 1.29 is 9.90 Å². The van der Waals surface area contributed by atoms with Gasteiger partial charge in [0.25, 0.3) is 0 Å². The Morgan fingerprint density at radius 2 is 2.06 bits per heavy atom. The summed E-state index contributed by atoms with van der Waals surface area (Å²) < 4.78 is 1.99. The van der Waals surface area contributed by atoms with Crippen LogP contribution in [0, 0.1) is 41.4 Å². The lowest BCUT2D eigenvalue weighted by atomic mass is 9.45. The van der Waals surface area contributed by atoms with Gasteiger partial charge in [0.15, 0.2) is 0 Å². The van der Waals surface area contributed by atoms with Crippen LogP contribution in [-0.2, 0) is 24.7 Å². The van der Waals surface area contributed by atoms with Gasteiger partial charge in [-0.15, -0.1) is 0 Å². The highest BCUT2D eigenvalue weighted by Crippen LogP contribution is 2.66. The molecule has 35 heavy (non-hydrogen) atoms. The standard InChI is InChI=1S/C30H39N3O2/c1-18-6-5-7-21(32-18)9-13-26(34)24-12-11-23-22-10-8-20-14-25-19(17-31-33(25)4)15-29(20,2)28(22)27(35)16-30(23,24)3/h5-7,14,17,22-24,27-28,35H,8-13,15-16H2,1-4H3. The van der Waals surface area contributed by atoms with Crippen molar-refractivity contribution in [2.75, 3.05) is 0 Å². The molecule has 5 nitrogen and oxygen atoms in total. The largest absolute Gasteiger partial charge is 0.393 e. The van der Waals surface area contributed by atoms with E-state index in [1.807, 2.05) is 43.0 Å². The molecule has 0 aliphatic heterocycles. The van der Waals surface area contributed by atoms with Gasteiger partial charge in [-0.2, -0.15) is 5.10 Å². The van der Waals surface area contributed by atoms with E-state index in [9.17, 15) is 9.90 Å². The summed E-state index contributed by atoms with van der Waals surface area (Å²) in [6.07, 6.45) is 11.3. The fourth-order valence-electron chi connectivity index (χ4n) is 9.01. The van der Waals surface area contributed by atoms with Gasteiger partial charge in [0.2, 0.25) is 0 Å². The number of aromatic nitrogens is 3. The van der Waals surface area contributed by atoms with E-state index in [1.54, 1.807) is 0 Å². The summed E-state index contributed by atoms with van der Waals surface area (Å²) in [6, 6.07) is 6.05. The number of aliphatic hydroxyl groups is 1. The maximum Gasteiger partial charge on any atom is 0.136 e. The zero-order valence-electron chi connectivity index (χ0n) is 21.6. The van der Waals surface area contributed by atoms with Crippen LogP contribution in [0.3, 0.4) is 0 Å². The molecule has 2 heterocycles. The number of fused-ring (bicyclic) bond motifs is 6. The lowest BCUT2D eigenvalue weighted by Crippen LogP contribution is -2.57. The van der Waals surface area contributed by atoms with Gasteiger partial charge in [-0.3, -0.25) is 14.5 Å². The van der Waals surface area contributed by atoms with Crippen molar-refractivity contribution in [3.05, 3.63) is 52.6 Å². The number of aryl methyl sites for hydroxylation is 3. The molecule has 0 bridgehead atoms. The predicted octanol–water partition coefficient (Wildman–Crippen LogP) is 5.09. The molecular weight excluding hydrogens is 434 g/mol. The predicted molar refractivity (Wildman–Crippen MR) is 136 cm³/mol. The smallest absolute Gasteiger partial charge is 0.136 e. The number of Topliss-reactive ketones (excluding diaryl/α,β-unsaturated/α-hetero) is 1. The Labute approximate surface area is 209 Å². The molecule has 186 valence electrons. The van der Waals surface area contributed by atoms with E-state index in [0.29, 0.717) is 30.5 Å². The molecule has 6 rings (SSSR count). The average Bonchev–Trinajstić information content (AvgIpc) is 3.34. The molecule has 3 fully saturated rings. The third-order valence-corrected chi connectivity index (χ3v) is 10.6. The van der Waals surface area contributed by atoms with E-state index in [1.165, 1.54) is 16.8 Å². The summed E-state index contributed by atoms with van der Waals surface area (Å²) in [6.45, 7) is 6.72. The number of aliphatic hydroxyl groups excluding tert-OH is 1. The molecule has 2 aromatic heterocycles. The third kappa shape index (κ3) is 3.48. The molecule has 0 spiro atoms. The number of ketones is 1. The first-order valence-corrected chi connectivity index (χ1v) is 13.6. The number of rotatable bonds is 4. The van der Waals surface area contributed by atoms with Gasteiger partial charge in [0.05, 0.1) is 18.0 Å². The van der Waals surface area contributed by atoms with Crippen LogP contribution in [0.15, 0.2) is 30.0 Å². The zero-order valence-corrected chi connectivity index (χ0v) is 21.6. The second kappa shape index (κ2) is 8.12. The number of nitrogens with zero attached hydrogens (tertiary/aromatic N) is 3. The van der Waals surface area contributed by atoms with Crippen molar-refractivity contribution in [2.45, 2.75) is 78.2 Å². The zero-order chi connectivity index (χ0) is 24.5. The molecule has 7 unspecified atom stereocenters. The number of pyridine rings is 1. The number of allylic oxidation sites excluding steroid dienone is 1. The van der Waals surface area contributed by atoms with Crippen molar-refractivity contribution in [3.8, 4) is 0 Å². The molecule has 0 saturated heterocycles. The van der Waals surface area contributed by atoms with Crippen molar-refractivity contribution >= 4 is 11.9 Å². The fourth-order valence-corrected chi connectivity index (χ4v) is 9.01. The van der Waals surface area contributed by atoms with Crippen LogP contribution in [0.5, 0.6) is 0 Å². The summed E-state index contributed by atoms with van der Waals surface area (Å²) in [5.41, 5.74) is 5.94. The SMILES string of the molecule is Cc1cccc(CCC(=O)C2CCC3C4CCC5=Cc6c(cnn6C)CC5(C)C4C(O)CC23C)n1. The highest BCUT2D eigenvalue weighted by molar-refractivity contribution is 5.82. The summed E-state index contributed by atoms with van der Waals surface area (Å²) in [7, 11) is 2.02. The topological polar surface area (TPSA) is 68.0 Å². The lowest BCUT2D eigenvalue weighted by molar-refractivity contribution is -0.142. The minimum atomic E-state index is -0.361. The fraction of sp³-hybridized carbons (Fsp3) is 0.633. The molecule has 3 saturated carbocycles. The van der Waals surface area contributed by atoms with Gasteiger partial charge in [-0.1, -0.05) is 25.5 Å². The molecule has 2 aromatic rings. The quantitative estimate of drug-likeness (QED) is 0.671. The van der Waals surface area contributed by atoms with Crippen LogP contribution in [0.25, 0.3) is 6.08 Å². The Morgan fingerprint density at radius 1 is 1.23 bits per heavy atom. The van der Waals surface area contributed by atoms with Crippen LogP contribution in [0.4, 0.5) is 0 Å². The Balaban J connectivity index is 1.24. The number of hydrogen-bond acceptors (Lipinski definition) is 4. The molecule has 1 N–H and O–H groups in total. The number of hydrogen-bond donors (Lipinski definition) is 1. The molecule has 7 atom stereocenters. The second-order valence-electron chi connectivity index (χ2n) is 12.4. The van der Waals surface area contributed by atoms with Crippen LogP contribution < -0.4 is 0 Å². The Bertz CT molecular complexity index is 1200. The molecule has 4 aliphatic rings. The van der Waals surface area contributed by atoms with Crippen LogP contribution in [0.2, 0.25) is 0 Å². The summed E-state index contributed by atoms with van der Waals surface area (Å²) in [5.74, 6) is 1.72. The maximum absolute atomic E-state index is 13.5. The van der Waals surface area contributed by atoms with Crippen molar-refractivity contribution in [2.24, 2.45) is 41.5 Å². The summed E-state index contributed by atoms with van der Waals surface area (Å²) >= 11 is 0. The van der Waals surface area contributed by atoms with E-state index < -0.39 is 0 Å². The first-order valence-electron chi connectivity index (χ1n) is 13.6. The Kier molecular flexibility index (Phi) is 5.37. The number of carbonyl (C=O) groups is 1. The monoisotopic (exact) mass is 473 g/mol. The normalized spacial score (nSPS) is 37.6. The van der Waals surface area contributed by atoms with Crippen LogP contribution in [0.1, 0.15) is 75.0 Å². The number of carbonyl (C=O) groups excluding carboxylic acids is 1. The third-order valence-electron chi connectivity index (χ3n) is 10.6. The van der Waals surface area contributed by atoms with Crippen molar-refractivity contribution in [3.63, 3.8) is 0 Å². The van der Waals surface area contributed by atoms with Gasteiger partial charge in [-0.25, -0.2) is 0 Å². The van der Waals surface area contributed by atoms with Gasteiger partial charge >= 0.3 is 0 Å². The van der Waals surface area contributed by atoms with E-state index in [0.717, 1.165) is 49.9 Å². The minimum Gasteiger partial charge on any atom is -0.393 e. The average molecular weight is 474 g/mol. The summed E-state index contributed by atoms with van der Waals surface area (Å²) in [4.78, 5) is 18.1. The highest BCUT2D eigenvalue weighted by atomic mass is 16.3. The van der Waals surface area contributed by atoms with Gasteiger partial charge in [0.1, 0.15) is 5.78 Å². The Morgan fingerprint density at radius 3 is 2.86 bits per heavy atom. The molecule has 4 aliphatic carbocycles. The lowest BCUT2D eigenvalue weighted by Gasteiger charge is -2.59. The first-order chi connectivity index (χ1) is 16.7. The van der Waals surface area contributed by atoms with Crippen molar-refractivity contribution in [1.29, 1.82) is 0 Å². The van der Waals surface area contributed by atoms with E-state index in [2.05, 4.69) is 30.0 Å². The summed E-state index contributed by atoms with van der Waals surface area (Å²) in [5, 5.41) is 16.3. The van der Waals surface area contributed by atoms with E-state index >= 15 is 0 Å². The molecule has 0 aromatic carbocycles. The molecule has 5 heteroatoms. The highest BCUT2D eigenvalue weighted by Gasteiger charge is 2.62. The van der Waals surface area contributed by atoms with Crippen LogP contribution in [-0.4, -0.2) is 31.8 Å². The molecular formula is C30H39N3O2. The van der Waals surface area contributed by atoms with Gasteiger partial charge in [0, 0.05) is 30.8 Å². The van der Waals surface area contributed by atoms with Crippen LogP contribution >= 0.6 is 0 Å². The Hall–Kier alpha value is -2.27. The van der Waals surface area contributed by atoms with Gasteiger partial charge < -0.3 is 5.11 Å².